The molecule has 1 spiro atoms. The highest BCUT2D eigenvalue weighted by molar-refractivity contribution is 7.89. The average molecular weight is 281 g/mol. The van der Waals surface area contributed by atoms with Gasteiger partial charge in [-0.3, -0.25) is 0 Å². The molecule has 2 fully saturated rings. The number of rotatable bonds is 3. The molecule has 3 rings (SSSR count). The first-order chi connectivity index (χ1) is 9.05. The van der Waals surface area contributed by atoms with Crippen LogP contribution in [0.15, 0.2) is 23.2 Å². The summed E-state index contributed by atoms with van der Waals surface area (Å²) in [5.74, 6) is 0.890. The molecule has 0 radical (unpaired) electrons. The molecule has 0 bridgehead atoms. The van der Waals surface area contributed by atoms with Gasteiger partial charge in [-0.1, -0.05) is 0 Å². The Balaban J connectivity index is 1.79. The van der Waals surface area contributed by atoms with Gasteiger partial charge in [0.15, 0.2) is 0 Å². The first kappa shape index (κ1) is 12.9. The summed E-state index contributed by atoms with van der Waals surface area (Å²) in [5.41, 5.74) is 0.537. The van der Waals surface area contributed by atoms with Crippen molar-refractivity contribution in [3.63, 3.8) is 0 Å². The Kier molecular flexibility index (Phi) is 3.02. The van der Waals surface area contributed by atoms with Crippen LogP contribution in [0.2, 0.25) is 0 Å². The van der Waals surface area contributed by atoms with Crippen LogP contribution >= 0.6 is 0 Å². The van der Waals surface area contributed by atoms with Crippen LogP contribution in [0.5, 0.6) is 0 Å². The Bertz CT molecular complexity index is 564. The van der Waals surface area contributed by atoms with E-state index in [-0.39, 0.29) is 4.90 Å². The molecule has 104 valence electrons. The molecule has 1 aliphatic heterocycles. The summed E-state index contributed by atoms with van der Waals surface area (Å²) < 4.78 is 25.6. The minimum Gasteiger partial charge on any atom is -0.356 e. The molecule has 5 nitrogen and oxygen atoms in total. The predicted molar refractivity (Wildman–Crippen MR) is 73.6 cm³/mol. The Morgan fingerprint density at radius 3 is 2.68 bits per heavy atom. The lowest BCUT2D eigenvalue weighted by Gasteiger charge is -2.33. The molecule has 6 heteroatoms. The summed E-state index contributed by atoms with van der Waals surface area (Å²) in [6, 6.07) is 3.44. The number of pyridine rings is 1. The molecule has 1 N–H and O–H groups in total. The van der Waals surface area contributed by atoms with Crippen LogP contribution in [0.3, 0.4) is 0 Å². The van der Waals surface area contributed by atoms with Crippen LogP contribution < -0.4 is 9.62 Å². The summed E-state index contributed by atoms with van der Waals surface area (Å²) in [6.45, 7) is 2.09. The van der Waals surface area contributed by atoms with Crippen LogP contribution in [0.25, 0.3) is 0 Å². The second kappa shape index (κ2) is 4.45. The Morgan fingerprint density at radius 2 is 2.11 bits per heavy atom. The molecule has 1 saturated carbocycles. The van der Waals surface area contributed by atoms with Gasteiger partial charge in [-0.25, -0.2) is 18.1 Å². The summed E-state index contributed by atoms with van der Waals surface area (Å²) in [4.78, 5) is 6.82. The van der Waals surface area contributed by atoms with Crippen molar-refractivity contribution in [3.8, 4) is 0 Å². The SMILES string of the molecule is CNS(=O)(=O)c1ccc(N2CCCC3(CC3)C2)nc1. The lowest BCUT2D eigenvalue weighted by molar-refractivity contribution is 0.393. The third-order valence-electron chi connectivity index (χ3n) is 4.24. The van der Waals surface area contributed by atoms with E-state index in [1.165, 1.54) is 38.9 Å². The number of sulfonamides is 1. The molecule has 2 heterocycles. The molecule has 1 aliphatic carbocycles. The summed E-state index contributed by atoms with van der Waals surface area (Å²) >= 11 is 0. The topological polar surface area (TPSA) is 62.3 Å². The van der Waals surface area contributed by atoms with Crippen molar-refractivity contribution in [1.82, 2.24) is 9.71 Å². The molecule has 1 aromatic rings. The largest absolute Gasteiger partial charge is 0.356 e. The highest BCUT2D eigenvalue weighted by Crippen LogP contribution is 2.52. The van der Waals surface area contributed by atoms with Gasteiger partial charge in [-0.05, 0) is 50.3 Å². The van der Waals surface area contributed by atoms with Crippen molar-refractivity contribution in [2.45, 2.75) is 30.6 Å². The average Bonchev–Trinajstić information content (AvgIpc) is 3.18. The minimum absolute atomic E-state index is 0.219. The quantitative estimate of drug-likeness (QED) is 0.909. The number of nitrogens with one attached hydrogen (secondary N) is 1. The zero-order valence-electron chi connectivity index (χ0n) is 11.1. The van der Waals surface area contributed by atoms with Crippen molar-refractivity contribution in [2.75, 3.05) is 25.0 Å². The van der Waals surface area contributed by atoms with Crippen LogP contribution in [-0.2, 0) is 10.0 Å². The summed E-state index contributed by atoms with van der Waals surface area (Å²) in [7, 11) is -1.98. The van der Waals surface area contributed by atoms with Gasteiger partial charge in [0.1, 0.15) is 10.7 Å². The molecular weight excluding hydrogens is 262 g/mol. The summed E-state index contributed by atoms with van der Waals surface area (Å²) in [6.07, 6.45) is 6.63. The second-order valence-electron chi connectivity index (χ2n) is 5.58. The van der Waals surface area contributed by atoms with Crippen LogP contribution in [0, 0.1) is 5.41 Å². The predicted octanol–water partition coefficient (Wildman–Crippen LogP) is 1.37. The van der Waals surface area contributed by atoms with Gasteiger partial charge < -0.3 is 4.90 Å². The van der Waals surface area contributed by atoms with Crippen molar-refractivity contribution in [1.29, 1.82) is 0 Å². The maximum absolute atomic E-state index is 11.6. The molecule has 1 aromatic heterocycles. The number of nitrogens with zero attached hydrogens (tertiary/aromatic N) is 2. The van der Waals surface area contributed by atoms with Gasteiger partial charge >= 0.3 is 0 Å². The minimum atomic E-state index is -3.39. The van der Waals surface area contributed by atoms with E-state index in [0.29, 0.717) is 5.41 Å². The maximum Gasteiger partial charge on any atom is 0.241 e. The highest BCUT2D eigenvalue weighted by Gasteiger charge is 2.45. The zero-order valence-corrected chi connectivity index (χ0v) is 11.9. The van der Waals surface area contributed by atoms with Crippen LogP contribution in [0.1, 0.15) is 25.7 Å². The van der Waals surface area contributed by atoms with Gasteiger partial charge in [-0.15, -0.1) is 0 Å². The lowest BCUT2D eigenvalue weighted by atomic mass is 9.95. The number of hydrogen-bond donors (Lipinski definition) is 1. The number of piperidine rings is 1. The van der Waals surface area contributed by atoms with E-state index in [1.54, 1.807) is 6.07 Å². The van der Waals surface area contributed by atoms with Crippen molar-refractivity contribution in [3.05, 3.63) is 18.3 Å². The zero-order chi connectivity index (χ0) is 13.5. The van der Waals surface area contributed by atoms with Gasteiger partial charge in [-0.2, -0.15) is 0 Å². The molecule has 0 unspecified atom stereocenters. The van der Waals surface area contributed by atoms with Gasteiger partial charge in [0.05, 0.1) is 0 Å². The van der Waals surface area contributed by atoms with E-state index in [1.807, 2.05) is 6.07 Å². The van der Waals surface area contributed by atoms with E-state index in [0.717, 1.165) is 18.9 Å². The molecule has 1 saturated heterocycles. The summed E-state index contributed by atoms with van der Waals surface area (Å²) in [5, 5.41) is 0. The van der Waals surface area contributed by atoms with Crippen molar-refractivity contribution < 1.29 is 8.42 Å². The van der Waals surface area contributed by atoms with E-state index in [2.05, 4.69) is 14.6 Å². The monoisotopic (exact) mass is 281 g/mol. The van der Waals surface area contributed by atoms with E-state index in [9.17, 15) is 8.42 Å². The van der Waals surface area contributed by atoms with Crippen LogP contribution in [-0.4, -0.2) is 33.5 Å². The Labute approximate surface area is 114 Å². The van der Waals surface area contributed by atoms with Gasteiger partial charge in [0, 0.05) is 19.3 Å². The van der Waals surface area contributed by atoms with Crippen LogP contribution in [0.4, 0.5) is 5.82 Å². The first-order valence-corrected chi connectivity index (χ1v) is 8.18. The lowest BCUT2D eigenvalue weighted by Crippen LogP contribution is -2.37. The molecule has 19 heavy (non-hydrogen) atoms. The van der Waals surface area contributed by atoms with Crippen molar-refractivity contribution >= 4 is 15.8 Å². The first-order valence-electron chi connectivity index (χ1n) is 6.69. The smallest absolute Gasteiger partial charge is 0.241 e. The number of anilines is 1. The van der Waals surface area contributed by atoms with E-state index < -0.39 is 10.0 Å². The normalized spacial score (nSPS) is 21.6. The molecule has 0 atom stereocenters. The second-order valence-corrected chi connectivity index (χ2v) is 7.47. The highest BCUT2D eigenvalue weighted by atomic mass is 32.2. The third kappa shape index (κ3) is 2.47. The fourth-order valence-corrected chi connectivity index (χ4v) is 3.50. The molecular formula is C13H19N3O2S. The molecule has 0 aromatic carbocycles. The fraction of sp³-hybridized carbons (Fsp3) is 0.615. The maximum atomic E-state index is 11.6. The van der Waals surface area contributed by atoms with Gasteiger partial charge in [0.25, 0.3) is 0 Å². The number of aromatic nitrogens is 1. The van der Waals surface area contributed by atoms with E-state index in [4.69, 9.17) is 0 Å². The van der Waals surface area contributed by atoms with Crippen molar-refractivity contribution in [2.24, 2.45) is 5.41 Å². The molecule has 0 amide bonds. The molecule has 2 aliphatic rings. The standard InChI is InChI=1S/C13H19N3O2S/c1-14-19(17,18)11-3-4-12(15-9-11)16-8-2-5-13(10-16)6-7-13/h3-4,9,14H,2,5-8,10H2,1H3. The fourth-order valence-electron chi connectivity index (χ4n) is 2.82. The Morgan fingerprint density at radius 1 is 1.32 bits per heavy atom. The van der Waals surface area contributed by atoms with E-state index >= 15 is 0 Å². The Hall–Kier alpha value is -1.14. The number of hydrogen-bond acceptors (Lipinski definition) is 4. The third-order valence-corrected chi connectivity index (χ3v) is 5.64. The van der Waals surface area contributed by atoms with Gasteiger partial charge in [0.2, 0.25) is 10.0 Å².